The van der Waals surface area contributed by atoms with Gasteiger partial charge in [0, 0.05) is 42.6 Å². The average Bonchev–Trinajstić information content (AvgIpc) is 2.79. The largest absolute Gasteiger partial charge is 0.379 e. The maximum absolute atomic E-state index is 12.6. The molecule has 2 amide bonds. The highest BCUT2D eigenvalue weighted by atomic mass is 32.1. The van der Waals surface area contributed by atoms with Gasteiger partial charge in [0.2, 0.25) is 5.91 Å². The molecule has 1 unspecified atom stereocenters. The molecule has 0 bridgehead atoms. The number of nitrogens with one attached hydrogen (secondary N) is 2. The van der Waals surface area contributed by atoms with Gasteiger partial charge in [-0.15, -0.1) is 0 Å². The number of hydrazone groups is 1. The molecule has 0 saturated heterocycles. The standard InChI is InChI=1S/C22H24N6O4S/c1-14-12-19(29)25-26-20(14)16-8-9-17(18(13-16)28(31)32)24-10-5-11-27(22(23)33)21(30)15-6-3-2-4-7-15/h2-4,6-9,13-14,24H,5,10-12H2,1H3,(H2,23,33)(H,25,29). The first kappa shape index (κ1) is 23.8. The highest BCUT2D eigenvalue weighted by molar-refractivity contribution is 7.80. The van der Waals surface area contributed by atoms with Crippen molar-refractivity contribution in [3.8, 4) is 0 Å². The smallest absolute Gasteiger partial charge is 0.292 e. The van der Waals surface area contributed by atoms with Crippen molar-refractivity contribution in [3.05, 3.63) is 69.8 Å². The van der Waals surface area contributed by atoms with E-state index in [-0.39, 0.29) is 41.5 Å². The molecule has 1 aliphatic heterocycles. The molecular formula is C22H24N6O4S. The number of nitrogens with zero attached hydrogens (tertiary/aromatic N) is 3. The molecule has 1 heterocycles. The van der Waals surface area contributed by atoms with Gasteiger partial charge in [-0.25, -0.2) is 5.43 Å². The van der Waals surface area contributed by atoms with Gasteiger partial charge in [-0.1, -0.05) is 31.2 Å². The van der Waals surface area contributed by atoms with Crippen molar-refractivity contribution in [2.24, 2.45) is 16.8 Å². The molecule has 33 heavy (non-hydrogen) atoms. The molecule has 4 N–H and O–H groups in total. The predicted molar refractivity (Wildman–Crippen MR) is 129 cm³/mol. The number of hydrogen-bond acceptors (Lipinski definition) is 7. The molecule has 10 nitrogen and oxygen atoms in total. The first-order valence-corrected chi connectivity index (χ1v) is 10.7. The third-order valence-electron chi connectivity index (χ3n) is 5.16. The van der Waals surface area contributed by atoms with Crippen molar-refractivity contribution < 1.29 is 14.5 Å². The molecule has 172 valence electrons. The SMILES string of the molecule is CC1CC(=O)NN=C1c1ccc(NCCCN(C(=O)c2ccccc2)C(N)=S)c([N+](=O)[O-])c1. The van der Waals surface area contributed by atoms with E-state index >= 15 is 0 Å². The summed E-state index contributed by atoms with van der Waals surface area (Å²) in [6.45, 7) is 2.46. The zero-order chi connectivity index (χ0) is 24.0. The molecule has 0 spiro atoms. The Balaban J connectivity index is 1.66. The minimum atomic E-state index is -0.474. The lowest BCUT2D eigenvalue weighted by Crippen LogP contribution is -2.41. The molecule has 0 fully saturated rings. The topological polar surface area (TPSA) is 143 Å². The second-order valence-corrected chi connectivity index (χ2v) is 7.99. The quantitative estimate of drug-likeness (QED) is 0.234. The fraction of sp³-hybridized carbons (Fsp3) is 0.273. The highest BCUT2D eigenvalue weighted by Crippen LogP contribution is 2.28. The number of nitrogens with two attached hydrogens (primary N) is 1. The first-order chi connectivity index (χ1) is 15.8. The van der Waals surface area contributed by atoms with Crippen LogP contribution in [0.1, 0.15) is 35.7 Å². The van der Waals surface area contributed by atoms with Crippen LogP contribution in [0.25, 0.3) is 0 Å². The monoisotopic (exact) mass is 468 g/mol. The van der Waals surface area contributed by atoms with Gasteiger partial charge in [-0.3, -0.25) is 24.6 Å². The Kier molecular flexibility index (Phi) is 7.67. The third kappa shape index (κ3) is 5.89. The number of amides is 2. The van der Waals surface area contributed by atoms with Gasteiger partial charge < -0.3 is 11.1 Å². The molecule has 0 saturated carbocycles. The van der Waals surface area contributed by atoms with E-state index < -0.39 is 4.92 Å². The maximum Gasteiger partial charge on any atom is 0.292 e. The molecule has 3 rings (SSSR count). The summed E-state index contributed by atoms with van der Waals surface area (Å²) < 4.78 is 0. The molecule has 2 aromatic carbocycles. The third-order valence-corrected chi connectivity index (χ3v) is 5.38. The van der Waals surface area contributed by atoms with Crippen molar-refractivity contribution >= 4 is 46.2 Å². The van der Waals surface area contributed by atoms with E-state index in [9.17, 15) is 19.7 Å². The van der Waals surface area contributed by atoms with Crippen LogP contribution in [0, 0.1) is 16.0 Å². The van der Waals surface area contributed by atoms with Crippen molar-refractivity contribution in [1.29, 1.82) is 0 Å². The van der Waals surface area contributed by atoms with Gasteiger partial charge in [-0.05, 0) is 36.8 Å². The summed E-state index contributed by atoms with van der Waals surface area (Å²) in [5.74, 6) is -0.630. The van der Waals surface area contributed by atoms with E-state index in [1.54, 1.807) is 36.4 Å². The van der Waals surface area contributed by atoms with Gasteiger partial charge in [0.25, 0.3) is 11.6 Å². The molecule has 1 atom stereocenters. The van der Waals surface area contributed by atoms with Crippen LogP contribution in [-0.2, 0) is 4.79 Å². The zero-order valence-electron chi connectivity index (χ0n) is 18.0. The number of benzene rings is 2. The lowest BCUT2D eigenvalue weighted by molar-refractivity contribution is -0.384. The van der Waals surface area contributed by atoms with Crippen LogP contribution in [0.15, 0.2) is 53.6 Å². The van der Waals surface area contributed by atoms with Crippen molar-refractivity contribution in [2.45, 2.75) is 19.8 Å². The Morgan fingerprint density at radius 2 is 2.06 bits per heavy atom. The summed E-state index contributed by atoms with van der Waals surface area (Å²) in [6, 6.07) is 13.4. The van der Waals surface area contributed by atoms with Crippen LogP contribution in [0.5, 0.6) is 0 Å². The molecule has 0 aliphatic carbocycles. The number of hydrogen-bond donors (Lipinski definition) is 3. The number of nitro groups is 1. The van der Waals surface area contributed by atoms with Gasteiger partial charge in [0.05, 0.1) is 10.6 Å². The van der Waals surface area contributed by atoms with Crippen LogP contribution < -0.4 is 16.5 Å². The summed E-state index contributed by atoms with van der Waals surface area (Å²) in [5, 5.41) is 18.7. The number of thiocarbonyl (C=S) groups is 1. The van der Waals surface area contributed by atoms with Crippen LogP contribution in [0.2, 0.25) is 0 Å². The molecule has 0 radical (unpaired) electrons. The van der Waals surface area contributed by atoms with Crippen LogP contribution in [0.3, 0.4) is 0 Å². The Morgan fingerprint density at radius 1 is 1.33 bits per heavy atom. The molecule has 2 aromatic rings. The Labute approximate surface area is 196 Å². The van der Waals surface area contributed by atoms with E-state index in [1.165, 1.54) is 11.0 Å². The van der Waals surface area contributed by atoms with Gasteiger partial charge in [0.1, 0.15) is 5.69 Å². The first-order valence-electron chi connectivity index (χ1n) is 10.3. The lowest BCUT2D eigenvalue weighted by atomic mass is 9.93. The van der Waals surface area contributed by atoms with Gasteiger partial charge in [0.15, 0.2) is 5.11 Å². The Morgan fingerprint density at radius 3 is 2.70 bits per heavy atom. The lowest BCUT2D eigenvalue weighted by Gasteiger charge is -2.21. The Bertz CT molecular complexity index is 1110. The van der Waals surface area contributed by atoms with E-state index in [1.807, 2.05) is 13.0 Å². The summed E-state index contributed by atoms with van der Waals surface area (Å²) in [7, 11) is 0. The molecule has 0 aromatic heterocycles. The summed E-state index contributed by atoms with van der Waals surface area (Å²) in [6.07, 6.45) is 0.735. The number of carbonyl (C=O) groups excluding carboxylic acids is 2. The minimum Gasteiger partial charge on any atom is -0.379 e. The summed E-state index contributed by atoms with van der Waals surface area (Å²) in [4.78, 5) is 36.6. The van der Waals surface area contributed by atoms with Crippen molar-refractivity contribution in [1.82, 2.24) is 10.3 Å². The highest BCUT2D eigenvalue weighted by Gasteiger charge is 2.24. The van der Waals surface area contributed by atoms with E-state index in [4.69, 9.17) is 18.0 Å². The maximum atomic E-state index is 12.6. The number of carbonyl (C=O) groups is 2. The zero-order valence-corrected chi connectivity index (χ0v) is 18.8. The van der Waals surface area contributed by atoms with Crippen molar-refractivity contribution in [3.63, 3.8) is 0 Å². The predicted octanol–water partition coefficient (Wildman–Crippen LogP) is 2.64. The number of anilines is 1. The van der Waals surface area contributed by atoms with Crippen LogP contribution in [0.4, 0.5) is 11.4 Å². The molecule has 11 heteroatoms. The number of rotatable bonds is 8. The molecule has 1 aliphatic rings. The minimum absolute atomic E-state index is 0.0337. The van der Waals surface area contributed by atoms with Gasteiger partial charge in [-0.2, -0.15) is 5.10 Å². The van der Waals surface area contributed by atoms with E-state index in [2.05, 4.69) is 15.8 Å². The van der Waals surface area contributed by atoms with Crippen LogP contribution >= 0.6 is 12.2 Å². The summed E-state index contributed by atoms with van der Waals surface area (Å²) in [5.41, 5.74) is 10.0. The van der Waals surface area contributed by atoms with Crippen molar-refractivity contribution in [2.75, 3.05) is 18.4 Å². The van der Waals surface area contributed by atoms with E-state index in [0.29, 0.717) is 35.5 Å². The molecular weight excluding hydrogens is 444 g/mol. The second-order valence-electron chi connectivity index (χ2n) is 7.57. The van der Waals surface area contributed by atoms with Crippen LogP contribution in [-0.4, -0.2) is 45.6 Å². The number of nitro benzene ring substituents is 1. The fourth-order valence-electron chi connectivity index (χ4n) is 3.50. The van der Waals surface area contributed by atoms with Gasteiger partial charge >= 0.3 is 0 Å². The second kappa shape index (κ2) is 10.6. The van der Waals surface area contributed by atoms with E-state index in [0.717, 1.165) is 0 Å². The summed E-state index contributed by atoms with van der Waals surface area (Å²) >= 11 is 5.02. The Hall–Kier alpha value is -3.86. The fourth-order valence-corrected chi connectivity index (χ4v) is 3.68. The average molecular weight is 469 g/mol. The normalized spacial score (nSPS) is 15.2.